The van der Waals surface area contributed by atoms with Crippen LogP contribution in [0.2, 0.25) is 0 Å². The summed E-state index contributed by atoms with van der Waals surface area (Å²) in [6.45, 7) is 2.03. The van der Waals surface area contributed by atoms with Crippen LogP contribution in [0.25, 0.3) is 16.8 Å². The Morgan fingerprint density at radius 3 is 2.52 bits per heavy atom. The van der Waals surface area contributed by atoms with E-state index in [1.165, 1.54) is 12.1 Å². The first-order valence-electron chi connectivity index (χ1n) is 6.49. The molecule has 0 amide bonds. The third-order valence-corrected chi connectivity index (χ3v) is 3.39. The van der Waals surface area contributed by atoms with Gasteiger partial charge >= 0.3 is 0 Å². The van der Waals surface area contributed by atoms with Crippen LogP contribution < -0.4 is 0 Å². The van der Waals surface area contributed by atoms with Crippen molar-refractivity contribution in [3.8, 4) is 16.8 Å². The number of hydrogen-bond acceptors (Lipinski definition) is 3. The molecule has 0 fully saturated rings. The van der Waals surface area contributed by atoms with Gasteiger partial charge in [-0.15, -0.1) is 0 Å². The fourth-order valence-corrected chi connectivity index (χ4v) is 2.39. The van der Waals surface area contributed by atoms with Crippen molar-refractivity contribution in [2.24, 2.45) is 0 Å². The first kappa shape index (κ1) is 13.1. The third-order valence-electron chi connectivity index (χ3n) is 3.39. The van der Waals surface area contributed by atoms with Crippen LogP contribution in [0.4, 0.5) is 5.69 Å². The summed E-state index contributed by atoms with van der Waals surface area (Å²) in [4.78, 5) is 14.4. The Kier molecular flexibility index (Phi) is 3.23. The topological polar surface area (TPSA) is 61.0 Å². The van der Waals surface area contributed by atoms with Gasteiger partial charge in [-0.1, -0.05) is 18.2 Å². The highest BCUT2D eigenvalue weighted by Crippen LogP contribution is 2.30. The molecule has 3 rings (SSSR count). The number of benzene rings is 2. The van der Waals surface area contributed by atoms with Crippen molar-refractivity contribution in [3.05, 3.63) is 76.9 Å². The van der Waals surface area contributed by atoms with E-state index >= 15 is 0 Å². The summed E-state index contributed by atoms with van der Waals surface area (Å²) < 4.78 is 1.95. The second kappa shape index (κ2) is 5.20. The van der Waals surface area contributed by atoms with Crippen molar-refractivity contribution in [1.82, 2.24) is 9.55 Å². The van der Waals surface area contributed by atoms with Crippen molar-refractivity contribution in [3.63, 3.8) is 0 Å². The lowest BCUT2D eigenvalue weighted by molar-refractivity contribution is -0.384. The molecule has 0 saturated heterocycles. The lowest BCUT2D eigenvalue weighted by Gasteiger charge is -2.13. The Morgan fingerprint density at radius 1 is 1.14 bits per heavy atom. The zero-order valence-corrected chi connectivity index (χ0v) is 11.4. The van der Waals surface area contributed by atoms with Crippen LogP contribution in [0.15, 0.2) is 61.2 Å². The molecule has 0 radical (unpaired) electrons. The minimum Gasteiger partial charge on any atom is -0.305 e. The van der Waals surface area contributed by atoms with E-state index in [0.29, 0.717) is 0 Å². The molecule has 1 aromatic heterocycles. The fraction of sp³-hybridized carbons (Fsp3) is 0.0625. The van der Waals surface area contributed by atoms with Gasteiger partial charge in [-0.3, -0.25) is 10.1 Å². The molecule has 0 saturated carbocycles. The van der Waals surface area contributed by atoms with Gasteiger partial charge in [0, 0.05) is 30.1 Å². The molecule has 21 heavy (non-hydrogen) atoms. The highest BCUT2D eigenvalue weighted by atomic mass is 16.6. The maximum absolute atomic E-state index is 10.7. The molecule has 2 aromatic carbocycles. The van der Waals surface area contributed by atoms with Gasteiger partial charge in [-0.05, 0) is 30.2 Å². The molecule has 5 nitrogen and oxygen atoms in total. The Balaban J connectivity index is 2.15. The summed E-state index contributed by atoms with van der Waals surface area (Å²) >= 11 is 0. The highest BCUT2D eigenvalue weighted by molar-refractivity contribution is 5.75. The predicted molar refractivity (Wildman–Crippen MR) is 80.4 cm³/mol. The summed E-state index contributed by atoms with van der Waals surface area (Å²) in [7, 11) is 0. The molecular weight excluding hydrogens is 266 g/mol. The second-order valence-corrected chi connectivity index (χ2v) is 4.75. The summed E-state index contributed by atoms with van der Waals surface area (Å²) in [5, 5.41) is 10.7. The standard InChI is InChI=1S/C16H13N3O2/c1-12-3-2-4-15(16(12)18-10-9-17-11-18)13-5-7-14(8-6-13)19(20)21/h2-11H,1H3. The number of nitro benzene ring substituents is 1. The van der Waals surface area contributed by atoms with Crippen molar-refractivity contribution in [2.75, 3.05) is 0 Å². The van der Waals surface area contributed by atoms with Crippen LogP contribution >= 0.6 is 0 Å². The zero-order chi connectivity index (χ0) is 14.8. The molecular formula is C16H13N3O2. The molecule has 0 aliphatic carbocycles. The monoisotopic (exact) mass is 279 g/mol. The van der Waals surface area contributed by atoms with Crippen LogP contribution in [0.5, 0.6) is 0 Å². The van der Waals surface area contributed by atoms with Crippen molar-refractivity contribution in [1.29, 1.82) is 0 Å². The normalized spacial score (nSPS) is 10.5. The van der Waals surface area contributed by atoms with Crippen molar-refractivity contribution >= 4 is 5.69 Å². The number of rotatable bonds is 3. The van der Waals surface area contributed by atoms with E-state index in [4.69, 9.17) is 0 Å². The number of para-hydroxylation sites is 1. The smallest absolute Gasteiger partial charge is 0.269 e. The van der Waals surface area contributed by atoms with Crippen molar-refractivity contribution < 1.29 is 4.92 Å². The Bertz CT molecular complexity index is 778. The largest absolute Gasteiger partial charge is 0.305 e. The minimum absolute atomic E-state index is 0.0931. The molecule has 0 spiro atoms. The Hall–Kier alpha value is -2.95. The molecule has 0 atom stereocenters. The molecule has 0 unspecified atom stereocenters. The molecule has 5 heteroatoms. The van der Waals surface area contributed by atoms with E-state index in [-0.39, 0.29) is 5.69 Å². The van der Waals surface area contributed by atoms with E-state index in [1.807, 2.05) is 35.9 Å². The Morgan fingerprint density at radius 2 is 1.90 bits per heavy atom. The van der Waals surface area contributed by atoms with E-state index < -0.39 is 4.92 Å². The number of imidazole rings is 1. The number of aryl methyl sites for hydroxylation is 1. The van der Waals surface area contributed by atoms with Gasteiger partial charge in [0.05, 0.1) is 16.9 Å². The quantitative estimate of drug-likeness (QED) is 0.541. The van der Waals surface area contributed by atoms with Crippen LogP contribution in [-0.2, 0) is 0 Å². The van der Waals surface area contributed by atoms with Gasteiger partial charge in [0.25, 0.3) is 5.69 Å². The molecule has 0 aliphatic rings. The first-order valence-corrected chi connectivity index (χ1v) is 6.49. The number of hydrogen-bond donors (Lipinski definition) is 0. The number of aromatic nitrogens is 2. The molecule has 104 valence electrons. The fourth-order valence-electron chi connectivity index (χ4n) is 2.39. The molecule has 3 aromatic rings. The summed E-state index contributed by atoms with van der Waals surface area (Å²) in [6.07, 6.45) is 5.36. The maximum atomic E-state index is 10.7. The van der Waals surface area contributed by atoms with E-state index in [0.717, 1.165) is 22.4 Å². The third kappa shape index (κ3) is 2.41. The van der Waals surface area contributed by atoms with Gasteiger partial charge in [0.15, 0.2) is 0 Å². The van der Waals surface area contributed by atoms with E-state index in [9.17, 15) is 10.1 Å². The molecule has 1 heterocycles. The molecule has 0 N–H and O–H groups in total. The lowest BCUT2D eigenvalue weighted by Crippen LogP contribution is -1.97. The SMILES string of the molecule is Cc1cccc(-c2ccc([N+](=O)[O-])cc2)c1-n1ccnc1. The molecule has 0 bridgehead atoms. The lowest BCUT2D eigenvalue weighted by atomic mass is 10.00. The van der Waals surface area contributed by atoms with E-state index in [1.54, 1.807) is 24.7 Å². The predicted octanol–water partition coefficient (Wildman–Crippen LogP) is 3.76. The van der Waals surface area contributed by atoms with Gasteiger partial charge in [-0.2, -0.15) is 0 Å². The average molecular weight is 279 g/mol. The van der Waals surface area contributed by atoms with Gasteiger partial charge < -0.3 is 4.57 Å². The number of nitro groups is 1. The number of nitrogens with zero attached hydrogens (tertiary/aromatic N) is 3. The summed E-state index contributed by atoms with van der Waals surface area (Å²) in [5.41, 5.74) is 4.19. The van der Waals surface area contributed by atoms with Crippen LogP contribution in [0, 0.1) is 17.0 Å². The van der Waals surface area contributed by atoms with E-state index in [2.05, 4.69) is 4.98 Å². The second-order valence-electron chi connectivity index (χ2n) is 4.75. The van der Waals surface area contributed by atoms with Gasteiger partial charge in [0.2, 0.25) is 0 Å². The van der Waals surface area contributed by atoms with Crippen LogP contribution in [0.1, 0.15) is 5.56 Å². The summed E-state index contributed by atoms with van der Waals surface area (Å²) in [5.74, 6) is 0. The van der Waals surface area contributed by atoms with Crippen LogP contribution in [-0.4, -0.2) is 14.5 Å². The van der Waals surface area contributed by atoms with Gasteiger partial charge in [-0.25, -0.2) is 4.98 Å². The Labute approximate surface area is 121 Å². The average Bonchev–Trinajstić information content (AvgIpc) is 3.01. The molecule has 0 aliphatic heterocycles. The van der Waals surface area contributed by atoms with Gasteiger partial charge in [0.1, 0.15) is 0 Å². The first-order chi connectivity index (χ1) is 10.2. The maximum Gasteiger partial charge on any atom is 0.269 e. The van der Waals surface area contributed by atoms with Crippen molar-refractivity contribution in [2.45, 2.75) is 6.92 Å². The zero-order valence-electron chi connectivity index (χ0n) is 11.4. The van der Waals surface area contributed by atoms with Crippen LogP contribution in [0.3, 0.4) is 0 Å². The number of non-ortho nitro benzene ring substituents is 1. The highest BCUT2D eigenvalue weighted by Gasteiger charge is 2.11. The summed E-state index contributed by atoms with van der Waals surface area (Å²) in [6, 6.07) is 12.6. The minimum atomic E-state index is -0.392.